The number of methoxy groups -OCH3 is 1. The zero-order chi connectivity index (χ0) is 25.5. The minimum Gasteiger partial charge on any atom is -0.493 e. The minimum absolute atomic E-state index is 0.457. The lowest BCUT2D eigenvalue weighted by molar-refractivity contribution is 0.203. The molecular weight excluding hydrogens is 488 g/mol. The predicted molar refractivity (Wildman–Crippen MR) is 149 cm³/mol. The monoisotopic (exact) mass is 518 g/mol. The van der Waals surface area contributed by atoms with E-state index in [4.69, 9.17) is 21.1 Å². The first-order valence-corrected chi connectivity index (χ1v) is 13.0. The van der Waals surface area contributed by atoms with Gasteiger partial charge in [0.05, 0.1) is 31.1 Å². The van der Waals surface area contributed by atoms with E-state index in [1.165, 1.54) is 32.4 Å². The van der Waals surface area contributed by atoms with Crippen LogP contribution >= 0.6 is 11.6 Å². The second-order valence-electron chi connectivity index (χ2n) is 9.05. The lowest BCUT2D eigenvalue weighted by atomic mass is 10.1. The molecule has 0 bridgehead atoms. The largest absolute Gasteiger partial charge is 0.493 e. The van der Waals surface area contributed by atoms with Crippen molar-refractivity contribution in [2.75, 3.05) is 44.0 Å². The molecule has 0 atom stereocenters. The van der Waals surface area contributed by atoms with Gasteiger partial charge in [-0.15, -0.1) is 0 Å². The van der Waals surface area contributed by atoms with Crippen molar-refractivity contribution in [1.82, 2.24) is 19.9 Å². The number of aromatic nitrogens is 3. The third-order valence-electron chi connectivity index (χ3n) is 6.32. The number of nitrogens with zero attached hydrogens (tertiary/aromatic N) is 4. The molecule has 9 heteroatoms. The highest BCUT2D eigenvalue weighted by atomic mass is 35.5. The van der Waals surface area contributed by atoms with Crippen LogP contribution in [0.3, 0.4) is 0 Å². The van der Waals surface area contributed by atoms with Crippen LogP contribution < -0.4 is 20.1 Å². The molecule has 1 aliphatic rings. The molecule has 1 aliphatic heterocycles. The minimum atomic E-state index is 0.457. The van der Waals surface area contributed by atoms with E-state index in [9.17, 15) is 0 Å². The Kier molecular flexibility index (Phi) is 8.18. The molecule has 0 radical (unpaired) electrons. The average molecular weight is 519 g/mol. The normalized spacial score (nSPS) is 13.9. The molecule has 2 N–H and O–H groups in total. The fraction of sp³-hybridized carbons (Fsp3) is 0.321. The summed E-state index contributed by atoms with van der Waals surface area (Å²) in [7, 11) is 1.64. The van der Waals surface area contributed by atoms with Gasteiger partial charge in [0.1, 0.15) is 5.82 Å². The molecule has 192 valence electrons. The number of hydrogen-bond acceptors (Lipinski definition) is 8. The van der Waals surface area contributed by atoms with Crippen LogP contribution in [0.15, 0.2) is 60.9 Å². The zero-order valence-electron chi connectivity index (χ0n) is 20.9. The zero-order valence-corrected chi connectivity index (χ0v) is 21.7. The summed E-state index contributed by atoms with van der Waals surface area (Å²) in [6.07, 6.45) is 8.43. The van der Waals surface area contributed by atoms with Crippen molar-refractivity contribution in [3.63, 3.8) is 0 Å². The van der Waals surface area contributed by atoms with Crippen molar-refractivity contribution < 1.29 is 9.47 Å². The SMILES string of the molecule is COc1cc(Nc2nccc(Nc3cnc4ccc(Cl)cc4c3)n2)ccc1OCCCN1CCCCC1. The molecular formula is C28H31ClN6O2. The number of fused-ring (bicyclic) bond motifs is 1. The van der Waals surface area contributed by atoms with Crippen LogP contribution in [0, 0.1) is 0 Å². The number of ether oxygens (including phenoxy) is 2. The van der Waals surface area contributed by atoms with Crippen molar-refractivity contribution in [3.05, 3.63) is 65.9 Å². The lowest BCUT2D eigenvalue weighted by Crippen LogP contribution is -2.31. The number of pyridine rings is 1. The van der Waals surface area contributed by atoms with Gasteiger partial charge in [0, 0.05) is 34.9 Å². The first kappa shape index (κ1) is 25.0. The lowest BCUT2D eigenvalue weighted by Gasteiger charge is -2.26. The fourth-order valence-corrected chi connectivity index (χ4v) is 4.63. The number of piperidine rings is 1. The molecule has 0 saturated carbocycles. The van der Waals surface area contributed by atoms with Gasteiger partial charge in [-0.25, -0.2) is 4.98 Å². The number of benzene rings is 2. The van der Waals surface area contributed by atoms with E-state index >= 15 is 0 Å². The van der Waals surface area contributed by atoms with Crippen molar-refractivity contribution in [2.24, 2.45) is 0 Å². The second kappa shape index (κ2) is 12.1. The number of rotatable bonds is 10. The van der Waals surface area contributed by atoms with E-state index in [0.29, 0.717) is 29.1 Å². The van der Waals surface area contributed by atoms with Gasteiger partial charge in [-0.1, -0.05) is 18.0 Å². The Balaban J connectivity index is 1.20. The molecule has 2 aromatic carbocycles. The molecule has 1 fully saturated rings. The van der Waals surface area contributed by atoms with Gasteiger partial charge in [0.15, 0.2) is 11.5 Å². The standard InChI is InChI=1S/C28H31ClN6O2/c1-36-26-18-22(7-9-25(26)37-15-5-14-35-12-3-2-4-13-35)33-28-30-11-10-27(34-28)32-23-17-20-16-21(29)6-8-24(20)31-19-23/h6-11,16-19H,2-5,12-15H2,1H3,(H2,30,32,33,34). The fourth-order valence-electron chi connectivity index (χ4n) is 4.45. The summed E-state index contributed by atoms with van der Waals surface area (Å²) >= 11 is 6.13. The van der Waals surface area contributed by atoms with Crippen LogP contribution in [-0.2, 0) is 0 Å². The first-order valence-electron chi connectivity index (χ1n) is 12.6. The summed E-state index contributed by atoms with van der Waals surface area (Å²) in [4.78, 5) is 15.9. The van der Waals surface area contributed by atoms with Crippen LogP contribution in [0.5, 0.6) is 11.5 Å². The third kappa shape index (κ3) is 6.78. The van der Waals surface area contributed by atoms with Gasteiger partial charge < -0.3 is 25.0 Å². The van der Waals surface area contributed by atoms with Crippen LogP contribution in [0.25, 0.3) is 10.9 Å². The maximum absolute atomic E-state index is 6.13. The summed E-state index contributed by atoms with van der Waals surface area (Å²) in [5.41, 5.74) is 2.49. The van der Waals surface area contributed by atoms with E-state index < -0.39 is 0 Å². The third-order valence-corrected chi connectivity index (χ3v) is 6.55. The average Bonchev–Trinajstić information content (AvgIpc) is 2.92. The molecule has 4 aromatic rings. The van der Waals surface area contributed by atoms with E-state index in [0.717, 1.165) is 41.0 Å². The van der Waals surface area contributed by atoms with Gasteiger partial charge in [0.25, 0.3) is 0 Å². The Labute approximate surface area is 222 Å². The number of halogens is 1. The summed E-state index contributed by atoms with van der Waals surface area (Å²) in [5, 5.41) is 8.14. The highest BCUT2D eigenvalue weighted by Gasteiger charge is 2.11. The first-order chi connectivity index (χ1) is 18.2. The number of hydrogen-bond donors (Lipinski definition) is 2. The van der Waals surface area contributed by atoms with Crippen LogP contribution in [-0.4, -0.2) is 53.2 Å². The van der Waals surface area contributed by atoms with Gasteiger partial charge in [0.2, 0.25) is 5.95 Å². The Morgan fingerprint density at radius 2 is 1.81 bits per heavy atom. The topological polar surface area (TPSA) is 84.4 Å². The number of likely N-dealkylation sites (tertiary alicyclic amines) is 1. The van der Waals surface area contributed by atoms with Crippen molar-refractivity contribution >= 4 is 45.6 Å². The van der Waals surface area contributed by atoms with Crippen molar-refractivity contribution in [2.45, 2.75) is 25.7 Å². The molecule has 3 heterocycles. The van der Waals surface area contributed by atoms with E-state index in [1.807, 2.05) is 42.5 Å². The molecule has 0 unspecified atom stereocenters. The van der Waals surface area contributed by atoms with Crippen LogP contribution in [0.2, 0.25) is 5.02 Å². The molecule has 2 aromatic heterocycles. The molecule has 1 saturated heterocycles. The van der Waals surface area contributed by atoms with Gasteiger partial charge in [-0.2, -0.15) is 4.98 Å². The highest BCUT2D eigenvalue weighted by Crippen LogP contribution is 2.31. The maximum atomic E-state index is 6.13. The summed E-state index contributed by atoms with van der Waals surface area (Å²) < 4.78 is 11.6. The summed E-state index contributed by atoms with van der Waals surface area (Å²) in [6, 6.07) is 15.1. The molecule has 5 rings (SSSR count). The van der Waals surface area contributed by atoms with Gasteiger partial charge >= 0.3 is 0 Å². The van der Waals surface area contributed by atoms with Crippen LogP contribution in [0.4, 0.5) is 23.1 Å². The Hall–Kier alpha value is -3.62. The van der Waals surface area contributed by atoms with Crippen molar-refractivity contribution in [3.8, 4) is 11.5 Å². The maximum Gasteiger partial charge on any atom is 0.229 e. The van der Waals surface area contributed by atoms with E-state index in [2.05, 4.69) is 30.5 Å². The quantitative estimate of drug-likeness (QED) is 0.232. The molecule has 0 aliphatic carbocycles. The molecule has 8 nitrogen and oxygen atoms in total. The number of nitrogens with one attached hydrogen (secondary N) is 2. The molecule has 0 amide bonds. The summed E-state index contributed by atoms with van der Waals surface area (Å²) in [6.45, 7) is 4.14. The Bertz CT molecular complexity index is 1350. The Morgan fingerprint density at radius 3 is 2.68 bits per heavy atom. The summed E-state index contributed by atoms with van der Waals surface area (Å²) in [5.74, 6) is 2.49. The van der Waals surface area contributed by atoms with E-state index in [1.54, 1.807) is 25.6 Å². The van der Waals surface area contributed by atoms with Gasteiger partial charge in [-0.05, 0) is 74.8 Å². The van der Waals surface area contributed by atoms with Gasteiger partial charge in [-0.3, -0.25) is 4.98 Å². The number of anilines is 4. The van der Waals surface area contributed by atoms with E-state index in [-0.39, 0.29) is 0 Å². The van der Waals surface area contributed by atoms with Crippen LogP contribution in [0.1, 0.15) is 25.7 Å². The predicted octanol–water partition coefficient (Wildman–Crippen LogP) is 6.43. The van der Waals surface area contributed by atoms with Crippen molar-refractivity contribution in [1.29, 1.82) is 0 Å². The molecule has 0 spiro atoms. The molecule has 37 heavy (non-hydrogen) atoms. The second-order valence-corrected chi connectivity index (χ2v) is 9.48. The smallest absolute Gasteiger partial charge is 0.229 e. The Morgan fingerprint density at radius 1 is 0.919 bits per heavy atom. The highest BCUT2D eigenvalue weighted by molar-refractivity contribution is 6.31.